The van der Waals surface area contributed by atoms with Crippen molar-refractivity contribution in [2.45, 2.75) is 25.7 Å². The summed E-state index contributed by atoms with van der Waals surface area (Å²) in [5.41, 5.74) is 6.68. The first-order valence-electron chi connectivity index (χ1n) is 8.05. The highest BCUT2D eigenvalue weighted by Gasteiger charge is 2.28. The van der Waals surface area contributed by atoms with Crippen molar-refractivity contribution in [1.82, 2.24) is 4.90 Å². The first-order chi connectivity index (χ1) is 11.1. The molecule has 1 aromatic carbocycles. The van der Waals surface area contributed by atoms with E-state index < -0.39 is 0 Å². The van der Waals surface area contributed by atoms with Crippen LogP contribution in [0.15, 0.2) is 24.3 Å². The molecule has 1 aromatic rings. The number of likely N-dealkylation sites (tertiary alicyclic amines) is 1. The lowest BCUT2D eigenvalue weighted by Gasteiger charge is -2.31. The van der Waals surface area contributed by atoms with Crippen molar-refractivity contribution in [2.24, 2.45) is 11.7 Å². The first-order valence-corrected chi connectivity index (χ1v) is 8.05. The Morgan fingerprint density at radius 2 is 2.00 bits per heavy atom. The van der Waals surface area contributed by atoms with Gasteiger partial charge in [-0.1, -0.05) is 6.07 Å². The summed E-state index contributed by atoms with van der Waals surface area (Å²) in [4.78, 5) is 39.3. The number of carbonyl (C=O) groups is 3. The number of primary amides is 1. The molecular weight excluding hydrogens is 294 g/mol. The number of nitrogens with zero attached hydrogens (tertiary/aromatic N) is 2. The summed E-state index contributed by atoms with van der Waals surface area (Å²) in [7, 11) is 0. The van der Waals surface area contributed by atoms with Crippen LogP contribution < -0.4 is 10.6 Å². The summed E-state index contributed by atoms with van der Waals surface area (Å²) in [6.07, 6.45) is 2.93. The van der Waals surface area contributed by atoms with Gasteiger partial charge in [0.25, 0.3) is 5.91 Å². The lowest BCUT2D eigenvalue weighted by atomic mass is 9.97. The number of piperidine rings is 1. The number of benzene rings is 1. The van der Waals surface area contributed by atoms with E-state index in [-0.39, 0.29) is 23.6 Å². The predicted molar refractivity (Wildman–Crippen MR) is 85.9 cm³/mol. The van der Waals surface area contributed by atoms with Crippen molar-refractivity contribution in [3.63, 3.8) is 0 Å². The molecule has 0 radical (unpaired) electrons. The summed E-state index contributed by atoms with van der Waals surface area (Å²) in [6.45, 7) is 1.71. The minimum atomic E-state index is -0.348. The minimum Gasteiger partial charge on any atom is -0.369 e. The summed E-state index contributed by atoms with van der Waals surface area (Å²) >= 11 is 0. The third-order valence-electron chi connectivity index (χ3n) is 4.59. The molecule has 2 aliphatic heterocycles. The highest BCUT2D eigenvalue weighted by Crippen LogP contribution is 2.24. The van der Waals surface area contributed by atoms with Gasteiger partial charge in [0, 0.05) is 37.3 Å². The number of amides is 3. The zero-order valence-corrected chi connectivity index (χ0v) is 13.0. The van der Waals surface area contributed by atoms with Crippen molar-refractivity contribution in [1.29, 1.82) is 0 Å². The largest absolute Gasteiger partial charge is 0.369 e. The normalized spacial score (nSPS) is 21.6. The minimum absolute atomic E-state index is 0.0985. The Kier molecular flexibility index (Phi) is 4.32. The number of hydrogen-bond acceptors (Lipinski definition) is 3. The molecule has 2 N–H and O–H groups in total. The lowest BCUT2D eigenvalue weighted by molar-refractivity contribution is -0.123. The van der Waals surface area contributed by atoms with Gasteiger partial charge in [0.2, 0.25) is 11.8 Å². The summed E-state index contributed by atoms with van der Waals surface area (Å²) < 4.78 is 0. The molecule has 1 unspecified atom stereocenters. The van der Waals surface area contributed by atoms with E-state index in [1.54, 1.807) is 28.0 Å². The number of anilines is 1. The molecular formula is C17H21N3O3. The van der Waals surface area contributed by atoms with Crippen LogP contribution in [0.3, 0.4) is 0 Å². The Hall–Kier alpha value is -2.37. The maximum Gasteiger partial charge on any atom is 0.253 e. The molecule has 0 bridgehead atoms. The summed E-state index contributed by atoms with van der Waals surface area (Å²) in [5, 5.41) is 0. The average molecular weight is 315 g/mol. The topological polar surface area (TPSA) is 83.7 Å². The third kappa shape index (κ3) is 3.21. The third-order valence-corrected chi connectivity index (χ3v) is 4.59. The van der Waals surface area contributed by atoms with Crippen LogP contribution >= 0.6 is 0 Å². The first kappa shape index (κ1) is 15.5. The summed E-state index contributed by atoms with van der Waals surface area (Å²) in [6, 6.07) is 7.16. The fraction of sp³-hybridized carbons (Fsp3) is 0.471. The van der Waals surface area contributed by atoms with E-state index in [0.29, 0.717) is 31.6 Å². The molecule has 0 aromatic heterocycles. The Balaban J connectivity index is 1.77. The molecule has 0 spiro atoms. The van der Waals surface area contributed by atoms with Gasteiger partial charge < -0.3 is 15.5 Å². The van der Waals surface area contributed by atoms with Gasteiger partial charge >= 0.3 is 0 Å². The van der Waals surface area contributed by atoms with E-state index in [2.05, 4.69) is 0 Å². The van der Waals surface area contributed by atoms with Gasteiger partial charge in [-0.15, -0.1) is 0 Å². The number of carbonyl (C=O) groups excluding carboxylic acids is 3. The fourth-order valence-electron chi connectivity index (χ4n) is 3.30. The van der Waals surface area contributed by atoms with Crippen LogP contribution in [0.5, 0.6) is 0 Å². The zero-order valence-electron chi connectivity index (χ0n) is 13.0. The van der Waals surface area contributed by atoms with Crippen LogP contribution in [-0.2, 0) is 9.59 Å². The van der Waals surface area contributed by atoms with Gasteiger partial charge in [-0.05, 0) is 37.5 Å². The zero-order chi connectivity index (χ0) is 16.4. The molecule has 2 saturated heterocycles. The van der Waals surface area contributed by atoms with Crippen molar-refractivity contribution in [3.8, 4) is 0 Å². The maximum absolute atomic E-state index is 12.7. The van der Waals surface area contributed by atoms with Crippen LogP contribution in [0.4, 0.5) is 5.69 Å². The molecule has 6 nitrogen and oxygen atoms in total. The molecule has 23 heavy (non-hydrogen) atoms. The Bertz CT molecular complexity index is 644. The quantitative estimate of drug-likeness (QED) is 0.908. The smallest absolute Gasteiger partial charge is 0.253 e. The molecule has 3 rings (SSSR count). The van der Waals surface area contributed by atoms with Crippen LogP contribution in [-0.4, -0.2) is 42.3 Å². The van der Waals surface area contributed by atoms with Crippen LogP contribution in [0, 0.1) is 5.92 Å². The molecule has 0 aliphatic carbocycles. The summed E-state index contributed by atoms with van der Waals surface area (Å²) in [5.74, 6) is -0.624. The predicted octanol–water partition coefficient (Wildman–Crippen LogP) is 1.15. The van der Waals surface area contributed by atoms with Crippen molar-refractivity contribution >= 4 is 23.4 Å². The Morgan fingerprint density at radius 1 is 1.17 bits per heavy atom. The van der Waals surface area contributed by atoms with Crippen molar-refractivity contribution < 1.29 is 14.4 Å². The number of rotatable bonds is 3. The molecule has 6 heteroatoms. The molecule has 2 fully saturated rings. The second-order valence-corrected chi connectivity index (χ2v) is 6.19. The molecule has 1 atom stereocenters. The fourth-order valence-corrected chi connectivity index (χ4v) is 3.30. The molecule has 2 heterocycles. The molecule has 0 saturated carbocycles. The van der Waals surface area contributed by atoms with E-state index >= 15 is 0 Å². The van der Waals surface area contributed by atoms with E-state index in [4.69, 9.17) is 5.73 Å². The van der Waals surface area contributed by atoms with Gasteiger partial charge in [0.1, 0.15) is 0 Å². The van der Waals surface area contributed by atoms with E-state index in [1.165, 1.54) is 0 Å². The highest BCUT2D eigenvalue weighted by atomic mass is 16.2. The maximum atomic E-state index is 12.7. The Morgan fingerprint density at radius 3 is 2.70 bits per heavy atom. The van der Waals surface area contributed by atoms with Crippen LogP contribution in [0.2, 0.25) is 0 Å². The average Bonchev–Trinajstić information content (AvgIpc) is 3.00. The van der Waals surface area contributed by atoms with E-state index in [1.807, 2.05) is 6.07 Å². The van der Waals surface area contributed by atoms with Gasteiger partial charge in [-0.3, -0.25) is 14.4 Å². The second kappa shape index (κ2) is 6.40. The number of hydrogen-bond donors (Lipinski definition) is 1. The number of nitrogens with two attached hydrogens (primary N) is 1. The lowest BCUT2D eigenvalue weighted by Crippen LogP contribution is -2.44. The van der Waals surface area contributed by atoms with Crippen LogP contribution in [0.25, 0.3) is 0 Å². The molecule has 3 amide bonds. The van der Waals surface area contributed by atoms with E-state index in [9.17, 15) is 14.4 Å². The van der Waals surface area contributed by atoms with Crippen molar-refractivity contribution in [3.05, 3.63) is 29.8 Å². The Labute approximate surface area is 135 Å². The van der Waals surface area contributed by atoms with E-state index in [0.717, 1.165) is 24.9 Å². The molecule has 122 valence electrons. The van der Waals surface area contributed by atoms with Gasteiger partial charge in [-0.25, -0.2) is 0 Å². The van der Waals surface area contributed by atoms with Gasteiger partial charge in [0.05, 0.1) is 5.92 Å². The monoisotopic (exact) mass is 315 g/mol. The second-order valence-electron chi connectivity index (χ2n) is 6.19. The van der Waals surface area contributed by atoms with Crippen LogP contribution in [0.1, 0.15) is 36.0 Å². The standard InChI is InChI=1S/C17H21N3O3/c18-16(22)13-5-2-8-19(11-13)17(23)12-4-1-6-14(10-12)20-9-3-7-15(20)21/h1,4,6,10,13H,2-3,5,7-9,11H2,(H2,18,22). The molecule has 2 aliphatic rings. The van der Waals surface area contributed by atoms with Gasteiger partial charge in [-0.2, -0.15) is 0 Å². The SMILES string of the molecule is NC(=O)C1CCCN(C(=O)c2cccc(N3CCCC3=O)c2)C1. The van der Waals surface area contributed by atoms with Gasteiger partial charge in [0.15, 0.2) is 0 Å². The van der Waals surface area contributed by atoms with Crippen molar-refractivity contribution in [2.75, 3.05) is 24.5 Å². The highest BCUT2D eigenvalue weighted by molar-refractivity contribution is 5.99.